The van der Waals surface area contributed by atoms with Gasteiger partial charge in [0.15, 0.2) is 0 Å². The molecule has 1 aliphatic rings. The minimum absolute atomic E-state index is 0.426. The molecule has 0 aromatic heterocycles. The number of nitrogens with zero attached hydrogens (tertiary/aromatic N) is 1. The van der Waals surface area contributed by atoms with Gasteiger partial charge in [-0.2, -0.15) is 5.11 Å². The quantitative estimate of drug-likeness (QED) is 0.450. The summed E-state index contributed by atoms with van der Waals surface area (Å²) >= 11 is 0. The summed E-state index contributed by atoms with van der Waals surface area (Å²) in [5.74, 6) is 0. The average Bonchev–Trinajstić information content (AvgIpc) is 2.12. The van der Waals surface area contributed by atoms with Crippen molar-refractivity contribution in [2.24, 2.45) is 5.11 Å². The molecule has 1 saturated carbocycles. The van der Waals surface area contributed by atoms with Gasteiger partial charge in [0.1, 0.15) is 0 Å². The Bertz CT molecular complexity index is 46.9. The van der Waals surface area contributed by atoms with Crippen LogP contribution < -0.4 is 0 Å². The Hall–Kier alpha value is -0.400. The van der Waals surface area contributed by atoms with Crippen LogP contribution in [0.15, 0.2) is 5.11 Å². The Morgan fingerprint density at radius 1 is 1.60 bits per heavy atom. The molecule has 1 aliphatic carbocycles. The third-order valence-electron chi connectivity index (χ3n) is 0.729. The van der Waals surface area contributed by atoms with E-state index in [9.17, 15) is 0 Å². The van der Waals surface area contributed by atoms with Crippen molar-refractivity contribution >= 4 is 0 Å². The van der Waals surface area contributed by atoms with Crippen LogP contribution in [0, 0.1) is 5.53 Å². The SMILES string of the molecule is N=NC1CC1. The van der Waals surface area contributed by atoms with Crippen molar-refractivity contribution in [3.05, 3.63) is 0 Å². The molecule has 0 spiro atoms. The normalized spacial score (nSPS) is 22.4. The lowest BCUT2D eigenvalue weighted by molar-refractivity contribution is 0.902. The predicted octanol–water partition coefficient (Wildman–Crippen LogP) is 1.18. The van der Waals surface area contributed by atoms with Crippen molar-refractivity contribution in [2.75, 3.05) is 0 Å². The molecule has 0 radical (unpaired) electrons. The minimum Gasteiger partial charge on any atom is -0.210 e. The number of nitrogens with one attached hydrogen (secondary N) is 1. The maximum absolute atomic E-state index is 6.34. The van der Waals surface area contributed by atoms with E-state index in [0.717, 1.165) is 12.8 Å². The second-order valence-corrected chi connectivity index (χ2v) is 1.36. The van der Waals surface area contributed by atoms with Gasteiger partial charge >= 0.3 is 0 Å². The summed E-state index contributed by atoms with van der Waals surface area (Å²) in [7, 11) is 0. The third-order valence-corrected chi connectivity index (χ3v) is 0.729. The zero-order valence-corrected chi connectivity index (χ0v) is 2.94. The van der Waals surface area contributed by atoms with E-state index in [0.29, 0.717) is 6.04 Å². The summed E-state index contributed by atoms with van der Waals surface area (Å²) in [5, 5.41) is 3.25. The van der Waals surface area contributed by atoms with Gasteiger partial charge in [0.05, 0.1) is 6.04 Å². The van der Waals surface area contributed by atoms with Crippen LogP contribution in [-0.4, -0.2) is 6.04 Å². The summed E-state index contributed by atoms with van der Waals surface area (Å²) in [5.41, 5.74) is 6.34. The van der Waals surface area contributed by atoms with Gasteiger partial charge in [-0.3, -0.25) is 0 Å². The van der Waals surface area contributed by atoms with Crippen molar-refractivity contribution in [3.8, 4) is 0 Å². The molecule has 5 heavy (non-hydrogen) atoms. The van der Waals surface area contributed by atoms with Crippen LogP contribution in [0.3, 0.4) is 0 Å². The van der Waals surface area contributed by atoms with Gasteiger partial charge in [0.2, 0.25) is 0 Å². The van der Waals surface area contributed by atoms with Crippen LogP contribution in [0.4, 0.5) is 0 Å². The van der Waals surface area contributed by atoms with E-state index in [4.69, 9.17) is 5.53 Å². The van der Waals surface area contributed by atoms with Gasteiger partial charge in [0, 0.05) is 0 Å². The highest BCUT2D eigenvalue weighted by molar-refractivity contribution is 4.77. The first kappa shape index (κ1) is 2.82. The molecule has 0 amide bonds. The molecule has 28 valence electrons. The Kier molecular flexibility index (Phi) is 0.437. The fraction of sp³-hybridized carbons (Fsp3) is 1.00. The van der Waals surface area contributed by atoms with Crippen molar-refractivity contribution in [2.45, 2.75) is 18.9 Å². The summed E-state index contributed by atoms with van der Waals surface area (Å²) in [6.45, 7) is 0. The first-order valence-corrected chi connectivity index (χ1v) is 1.80. The van der Waals surface area contributed by atoms with Crippen LogP contribution >= 0.6 is 0 Å². The smallest absolute Gasteiger partial charge is 0.0707 e. The van der Waals surface area contributed by atoms with E-state index < -0.39 is 0 Å². The molecule has 1 fully saturated rings. The van der Waals surface area contributed by atoms with Crippen LogP contribution in [0.25, 0.3) is 0 Å². The van der Waals surface area contributed by atoms with Gasteiger partial charge in [-0.25, -0.2) is 5.53 Å². The van der Waals surface area contributed by atoms with E-state index in [2.05, 4.69) is 5.11 Å². The molecule has 1 N–H and O–H groups in total. The Labute approximate surface area is 30.7 Å². The highest BCUT2D eigenvalue weighted by Crippen LogP contribution is 2.22. The Morgan fingerprint density at radius 2 is 2.20 bits per heavy atom. The molecule has 2 heteroatoms. The van der Waals surface area contributed by atoms with E-state index in [-0.39, 0.29) is 0 Å². The van der Waals surface area contributed by atoms with Crippen LogP contribution in [0.5, 0.6) is 0 Å². The largest absolute Gasteiger partial charge is 0.210 e. The molecule has 0 aromatic carbocycles. The Balaban J connectivity index is 2.21. The molecule has 0 heterocycles. The van der Waals surface area contributed by atoms with Crippen molar-refractivity contribution < 1.29 is 0 Å². The van der Waals surface area contributed by atoms with Crippen molar-refractivity contribution in [1.82, 2.24) is 0 Å². The monoisotopic (exact) mass is 70.1 g/mol. The Morgan fingerprint density at radius 3 is 2.20 bits per heavy atom. The van der Waals surface area contributed by atoms with E-state index in [1.54, 1.807) is 0 Å². The molecule has 0 aliphatic heterocycles. The highest BCUT2D eigenvalue weighted by atomic mass is 15.0. The second kappa shape index (κ2) is 0.776. The fourth-order valence-corrected chi connectivity index (χ4v) is 0.204. The highest BCUT2D eigenvalue weighted by Gasteiger charge is 2.18. The summed E-state index contributed by atoms with van der Waals surface area (Å²) in [4.78, 5) is 0. The molecular weight excluding hydrogens is 64.0 g/mol. The van der Waals surface area contributed by atoms with E-state index in [1.165, 1.54) is 0 Å². The standard InChI is InChI=1S/C3H6N2/c4-5-3-1-2-3/h3-4H,1-2H2. The fourth-order valence-electron chi connectivity index (χ4n) is 0.204. The van der Waals surface area contributed by atoms with Crippen LogP contribution in [0.1, 0.15) is 12.8 Å². The van der Waals surface area contributed by atoms with Crippen LogP contribution in [0.2, 0.25) is 0 Å². The van der Waals surface area contributed by atoms with Crippen LogP contribution in [-0.2, 0) is 0 Å². The first-order chi connectivity index (χ1) is 2.43. The number of rotatable bonds is 1. The molecule has 0 unspecified atom stereocenters. The third kappa shape index (κ3) is 0.436. The lowest BCUT2D eigenvalue weighted by Crippen LogP contribution is -1.60. The maximum atomic E-state index is 6.34. The number of hydrogen-bond acceptors (Lipinski definition) is 2. The number of hydrogen-bond donors (Lipinski definition) is 1. The zero-order chi connectivity index (χ0) is 3.70. The molecule has 0 saturated heterocycles. The lowest BCUT2D eigenvalue weighted by Gasteiger charge is -1.63. The van der Waals surface area contributed by atoms with Crippen molar-refractivity contribution in [1.29, 1.82) is 5.53 Å². The molecule has 0 aromatic rings. The summed E-state index contributed by atoms with van der Waals surface area (Å²) in [6, 6.07) is 0.426. The van der Waals surface area contributed by atoms with Gasteiger partial charge in [-0.15, -0.1) is 0 Å². The molecule has 0 atom stereocenters. The topological polar surface area (TPSA) is 36.2 Å². The average molecular weight is 70.1 g/mol. The minimum atomic E-state index is 0.426. The summed E-state index contributed by atoms with van der Waals surface area (Å²) < 4.78 is 0. The second-order valence-electron chi connectivity index (χ2n) is 1.36. The van der Waals surface area contributed by atoms with Gasteiger partial charge in [-0.1, -0.05) is 0 Å². The lowest BCUT2D eigenvalue weighted by atomic mass is 10.8. The predicted molar refractivity (Wildman–Crippen MR) is 18.2 cm³/mol. The van der Waals surface area contributed by atoms with Crippen molar-refractivity contribution in [3.63, 3.8) is 0 Å². The van der Waals surface area contributed by atoms with Gasteiger partial charge < -0.3 is 0 Å². The van der Waals surface area contributed by atoms with E-state index in [1.807, 2.05) is 0 Å². The van der Waals surface area contributed by atoms with Gasteiger partial charge in [-0.05, 0) is 12.8 Å². The molecular formula is C3H6N2. The van der Waals surface area contributed by atoms with Gasteiger partial charge in [0.25, 0.3) is 0 Å². The first-order valence-electron chi connectivity index (χ1n) is 1.80. The zero-order valence-electron chi connectivity index (χ0n) is 2.94. The molecule has 2 nitrogen and oxygen atoms in total. The maximum Gasteiger partial charge on any atom is 0.0707 e. The van der Waals surface area contributed by atoms with E-state index >= 15 is 0 Å². The summed E-state index contributed by atoms with van der Waals surface area (Å²) in [6.07, 6.45) is 2.31. The molecule has 0 bridgehead atoms. The molecule has 1 rings (SSSR count).